The van der Waals surface area contributed by atoms with Gasteiger partial charge < -0.3 is 14.2 Å². The van der Waals surface area contributed by atoms with E-state index < -0.39 is 23.6 Å². The average Bonchev–Trinajstić information content (AvgIpc) is 2.68. The molecule has 6 nitrogen and oxygen atoms in total. The van der Waals surface area contributed by atoms with E-state index in [1.165, 1.54) is 13.8 Å². The molecule has 3 unspecified atom stereocenters. The quantitative estimate of drug-likeness (QED) is 0.579. The van der Waals surface area contributed by atoms with Crippen LogP contribution in [0.4, 0.5) is 0 Å². The summed E-state index contributed by atoms with van der Waals surface area (Å²) in [6.45, 7) is 6.40. The Balaban J connectivity index is 1.94. The number of ether oxygens (including phenoxy) is 3. The maximum atomic E-state index is 12.2. The highest BCUT2D eigenvalue weighted by atomic mass is 16.6. The lowest BCUT2D eigenvalue weighted by Crippen LogP contribution is -2.44. The van der Waals surface area contributed by atoms with E-state index in [9.17, 15) is 14.4 Å². The first kappa shape index (κ1) is 15.8. The molecule has 1 heterocycles. The van der Waals surface area contributed by atoms with E-state index in [0.29, 0.717) is 19.3 Å². The van der Waals surface area contributed by atoms with E-state index in [-0.39, 0.29) is 23.9 Å². The van der Waals surface area contributed by atoms with Crippen molar-refractivity contribution in [1.29, 1.82) is 0 Å². The summed E-state index contributed by atoms with van der Waals surface area (Å²) in [4.78, 5) is 35.3. The lowest BCUT2D eigenvalue weighted by molar-refractivity contribution is -0.188. The minimum Gasteiger partial charge on any atom is -0.458 e. The predicted molar refractivity (Wildman–Crippen MR) is 72.1 cm³/mol. The van der Waals surface area contributed by atoms with Gasteiger partial charge in [0.15, 0.2) is 0 Å². The number of hydrogen-bond donors (Lipinski definition) is 0. The minimum atomic E-state index is -1.35. The molecule has 0 N–H and O–H groups in total. The molecular formula is C15H22O6. The molecule has 6 heteroatoms. The summed E-state index contributed by atoms with van der Waals surface area (Å²) in [6.07, 6.45) is 1.05. The molecule has 0 aromatic carbocycles. The van der Waals surface area contributed by atoms with E-state index in [2.05, 4.69) is 0 Å². The van der Waals surface area contributed by atoms with E-state index in [0.717, 1.165) is 0 Å². The summed E-state index contributed by atoms with van der Waals surface area (Å²) in [7, 11) is 0. The Labute approximate surface area is 124 Å². The van der Waals surface area contributed by atoms with Crippen LogP contribution in [0.3, 0.4) is 0 Å². The van der Waals surface area contributed by atoms with Crippen LogP contribution in [0.5, 0.6) is 0 Å². The number of esters is 3. The van der Waals surface area contributed by atoms with Crippen LogP contribution < -0.4 is 0 Å². The van der Waals surface area contributed by atoms with Crippen LogP contribution >= 0.6 is 0 Å². The molecule has 1 saturated carbocycles. The van der Waals surface area contributed by atoms with E-state index >= 15 is 0 Å². The van der Waals surface area contributed by atoms with Gasteiger partial charge in [0.1, 0.15) is 12.2 Å². The van der Waals surface area contributed by atoms with Crippen molar-refractivity contribution in [3.8, 4) is 0 Å². The predicted octanol–water partition coefficient (Wildman–Crippen LogP) is 1.60. The Bertz CT molecular complexity index is 453. The van der Waals surface area contributed by atoms with Crippen LogP contribution in [-0.4, -0.2) is 35.7 Å². The van der Waals surface area contributed by atoms with Gasteiger partial charge in [-0.1, -0.05) is 13.8 Å². The number of rotatable bonds is 4. The van der Waals surface area contributed by atoms with Crippen LogP contribution in [-0.2, 0) is 28.6 Å². The molecule has 21 heavy (non-hydrogen) atoms. The molecule has 2 rings (SSSR count). The fraction of sp³-hybridized carbons (Fsp3) is 0.800. The first-order chi connectivity index (χ1) is 9.70. The van der Waals surface area contributed by atoms with Crippen molar-refractivity contribution >= 4 is 17.9 Å². The third-order valence-electron chi connectivity index (χ3n) is 3.91. The number of carbonyl (C=O) groups excluding carboxylic acids is 3. The zero-order valence-corrected chi connectivity index (χ0v) is 12.9. The Morgan fingerprint density at radius 3 is 2.57 bits per heavy atom. The Morgan fingerprint density at radius 2 is 1.95 bits per heavy atom. The summed E-state index contributed by atoms with van der Waals surface area (Å²) >= 11 is 0. The van der Waals surface area contributed by atoms with Gasteiger partial charge in [0.25, 0.3) is 0 Å². The van der Waals surface area contributed by atoms with Crippen molar-refractivity contribution in [3.05, 3.63) is 0 Å². The fourth-order valence-electron chi connectivity index (χ4n) is 2.51. The second kappa shape index (κ2) is 5.66. The van der Waals surface area contributed by atoms with Crippen molar-refractivity contribution in [2.75, 3.05) is 0 Å². The number of carbonyl (C=O) groups is 3. The topological polar surface area (TPSA) is 78.9 Å². The van der Waals surface area contributed by atoms with Crippen LogP contribution in [0.15, 0.2) is 0 Å². The first-order valence-corrected chi connectivity index (χ1v) is 7.35. The smallest absolute Gasteiger partial charge is 0.350 e. The van der Waals surface area contributed by atoms with Gasteiger partial charge >= 0.3 is 17.9 Å². The molecule has 2 aliphatic rings. The molecule has 2 bridgehead atoms. The van der Waals surface area contributed by atoms with Gasteiger partial charge in [-0.15, -0.1) is 0 Å². The molecule has 3 atom stereocenters. The summed E-state index contributed by atoms with van der Waals surface area (Å²) in [5, 5.41) is 0. The number of hydrogen-bond acceptors (Lipinski definition) is 6. The van der Waals surface area contributed by atoms with Gasteiger partial charge in [-0.25, -0.2) is 4.79 Å². The molecule has 0 radical (unpaired) electrons. The largest absolute Gasteiger partial charge is 0.458 e. The maximum absolute atomic E-state index is 12.2. The molecule has 1 saturated heterocycles. The summed E-state index contributed by atoms with van der Waals surface area (Å²) in [5.41, 5.74) is -1.35. The van der Waals surface area contributed by atoms with Crippen molar-refractivity contribution in [1.82, 2.24) is 0 Å². The van der Waals surface area contributed by atoms with Gasteiger partial charge in [-0.05, 0) is 26.7 Å². The highest BCUT2D eigenvalue weighted by molar-refractivity contribution is 5.83. The molecule has 118 valence electrons. The third kappa shape index (κ3) is 3.36. The second-order valence-electron chi connectivity index (χ2n) is 6.52. The van der Waals surface area contributed by atoms with E-state index in [4.69, 9.17) is 14.2 Å². The molecule has 0 amide bonds. The number of fused-ring (bicyclic) bond motifs is 2. The summed E-state index contributed by atoms with van der Waals surface area (Å²) < 4.78 is 15.8. The van der Waals surface area contributed by atoms with Gasteiger partial charge in [-0.2, -0.15) is 0 Å². The van der Waals surface area contributed by atoms with E-state index in [1.807, 2.05) is 0 Å². The first-order valence-electron chi connectivity index (χ1n) is 7.35. The SMILES string of the molecule is CC(C)C(=O)OC(C)(C)C(=O)OC1CCC2CC1OC2=O. The highest BCUT2D eigenvalue weighted by Gasteiger charge is 2.46. The zero-order valence-electron chi connectivity index (χ0n) is 12.9. The van der Waals surface area contributed by atoms with Gasteiger partial charge in [0, 0.05) is 6.42 Å². The third-order valence-corrected chi connectivity index (χ3v) is 3.91. The van der Waals surface area contributed by atoms with Crippen LogP contribution in [0.2, 0.25) is 0 Å². The molecule has 1 aliphatic carbocycles. The maximum Gasteiger partial charge on any atom is 0.350 e. The van der Waals surface area contributed by atoms with Crippen molar-refractivity contribution < 1.29 is 28.6 Å². The van der Waals surface area contributed by atoms with Crippen molar-refractivity contribution in [2.24, 2.45) is 11.8 Å². The van der Waals surface area contributed by atoms with E-state index in [1.54, 1.807) is 13.8 Å². The lowest BCUT2D eigenvalue weighted by atomic mass is 9.88. The van der Waals surface area contributed by atoms with Crippen LogP contribution in [0.25, 0.3) is 0 Å². The Kier molecular flexibility index (Phi) is 4.25. The minimum absolute atomic E-state index is 0.0586. The second-order valence-corrected chi connectivity index (χ2v) is 6.52. The molecule has 0 aromatic rings. The monoisotopic (exact) mass is 298 g/mol. The molecule has 2 fully saturated rings. The highest BCUT2D eigenvalue weighted by Crippen LogP contribution is 2.36. The fourth-order valence-corrected chi connectivity index (χ4v) is 2.51. The summed E-state index contributed by atoms with van der Waals surface area (Å²) in [6, 6.07) is 0. The zero-order chi connectivity index (χ0) is 15.8. The molecular weight excluding hydrogens is 276 g/mol. The molecule has 1 aliphatic heterocycles. The lowest BCUT2D eigenvalue weighted by Gasteiger charge is -2.30. The van der Waals surface area contributed by atoms with Gasteiger partial charge in [0.2, 0.25) is 5.60 Å². The normalized spacial score (nSPS) is 28.2. The average molecular weight is 298 g/mol. The van der Waals surface area contributed by atoms with Crippen molar-refractivity contribution in [3.63, 3.8) is 0 Å². The molecule has 0 spiro atoms. The van der Waals surface area contributed by atoms with Gasteiger partial charge in [0.05, 0.1) is 11.8 Å². The Morgan fingerprint density at radius 1 is 1.29 bits per heavy atom. The van der Waals surface area contributed by atoms with Crippen molar-refractivity contribution in [2.45, 2.75) is 64.8 Å². The molecule has 0 aromatic heterocycles. The van der Waals surface area contributed by atoms with Crippen LogP contribution in [0, 0.1) is 11.8 Å². The van der Waals surface area contributed by atoms with Gasteiger partial charge in [-0.3, -0.25) is 9.59 Å². The standard InChI is InChI=1S/C15H22O6/c1-8(2)12(16)21-15(3,4)14(18)20-10-6-5-9-7-11(10)19-13(9)17/h8-11H,5-7H2,1-4H3. The Hall–Kier alpha value is -1.59. The summed E-state index contributed by atoms with van der Waals surface area (Å²) in [5.74, 6) is -1.64. The van der Waals surface area contributed by atoms with Crippen LogP contribution in [0.1, 0.15) is 47.0 Å².